The Hall–Kier alpha value is -1.24. The Labute approximate surface area is 138 Å². The van der Waals surface area contributed by atoms with Crippen LogP contribution in [0.25, 0.3) is 0 Å². The van der Waals surface area contributed by atoms with Gasteiger partial charge in [0.05, 0.1) is 5.02 Å². The first kappa shape index (κ1) is 16.1. The molecule has 0 aliphatic rings. The maximum Gasteiger partial charge on any atom is 0.230 e. The third-order valence-corrected chi connectivity index (χ3v) is 4.03. The molecule has 1 heterocycles. The first-order valence-corrected chi connectivity index (χ1v) is 7.87. The number of hydrogen-bond donors (Lipinski definition) is 1. The predicted molar refractivity (Wildman–Crippen MR) is 88.9 cm³/mol. The Kier molecular flexibility index (Phi) is 5.50. The van der Waals surface area contributed by atoms with Crippen LogP contribution < -0.4 is 10.2 Å². The Morgan fingerprint density at radius 1 is 1.19 bits per heavy atom. The predicted octanol–water partition coefficient (Wildman–Crippen LogP) is 3.83. The van der Waals surface area contributed by atoms with E-state index in [-0.39, 0.29) is 0 Å². The summed E-state index contributed by atoms with van der Waals surface area (Å²) in [5.74, 6) is 1.12. The van der Waals surface area contributed by atoms with E-state index in [1.807, 2.05) is 25.9 Å². The molecule has 2 aromatic rings. The van der Waals surface area contributed by atoms with Gasteiger partial charge in [-0.05, 0) is 36.9 Å². The summed E-state index contributed by atoms with van der Waals surface area (Å²) >= 11 is 13.5. The minimum Gasteiger partial charge on any atom is -0.354 e. The van der Waals surface area contributed by atoms with Crippen molar-refractivity contribution in [2.75, 3.05) is 30.9 Å². The number of anilines is 2. The lowest BCUT2D eigenvalue weighted by Gasteiger charge is -2.13. The molecular formula is C13H15Cl2N5S. The molecule has 0 unspecified atom stereocenters. The smallest absolute Gasteiger partial charge is 0.230 e. The van der Waals surface area contributed by atoms with E-state index >= 15 is 0 Å². The second kappa shape index (κ2) is 7.15. The Bertz CT molecular complexity index is 636. The average Bonchev–Trinajstić information content (AvgIpc) is 2.43. The molecule has 5 nitrogen and oxygen atoms in total. The van der Waals surface area contributed by atoms with Crippen LogP contribution in [0.15, 0.2) is 28.3 Å². The second-order valence-corrected chi connectivity index (χ2v) is 6.20. The summed E-state index contributed by atoms with van der Waals surface area (Å²) in [5, 5.41) is 4.89. The molecule has 21 heavy (non-hydrogen) atoms. The van der Waals surface area contributed by atoms with Crippen LogP contribution in [-0.2, 0) is 0 Å². The van der Waals surface area contributed by atoms with E-state index in [2.05, 4.69) is 20.3 Å². The molecule has 112 valence electrons. The maximum atomic E-state index is 6.17. The molecule has 0 fully saturated rings. The van der Waals surface area contributed by atoms with Gasteiger partial charge in [0.2, 0.25) is 11.9 Å². The number of nitrogens with one attached hydrogen (secondary N) is 1. The van der Waals surface area contributed by atoms with Gasteiger partial charge < -0.3 is 10.2 Å². The zero-order chi connectivity index (χ0) is 15.4. The van der Waals surface area contributed by atoms with Crippen molar-refractivity contribution in [3.8, 4) is 0 Å². The molecule has 0 aliphatic heterocycles. The summed E-state index contributed by atoms with van der Waals surface area (Å²) in [6.07, 6.45) is 0. The molecular weight excluding hydrogens is 329 g/mol. The van der Waals surface area contributed by atoms with Crippen molar-refractivity contribution in [1.29, 1.82) is 0 Å². The SMILES string of the molecule is CCNc1nc(Sc2cc(Cl)ccc2Cl)nc(N(C)C)n1. The standard InChI is InChI=1S/C13H15Cl2N5S/c1-4-16-11-17-12(20(2)3)19-13(18-11)21-10-7-8(14)5-6-9(10)15/h5-7H,4H2,1-3H3,(H,16,17,18,19). The lowest BCUT2D eigenvalue weighted by molar-refractivity contribution is 0.864. The van der Waals surface area contributed by atoms with Crippen molar-refractivity contribution in [3.05, 3.63) is 28.2 Å². The van der Waals surface area contributed by atoms with Crippen LogP contribution in [0.1, 0.15) is 6.92 Å². The van der Waals surface area contributed by atoms with Crippen molar-refractivity contribution >= 4 is 46.9 Å². The molecule has 1 N–H and O–H groups in total. The molecule has 8 heteroatoms. The van der Waals surface area contributed by atoms with Crippen molar-refractivity contribution in [1.82, 2.24) is 15.0 Å². The molecule has 0 atom stereocenters. The summed E-state index contributed by atoms with van der Waals surface area (Å²) in [4.78, 5) is 15.7. The van der Waals surface area contributed by atoms with Crippen molar-refractivity contribution < 1.29 is 0 Å². The lowest BCUT2D eigenvalue weighted by atomic mass is 10.4. The molecule has 0 saturated carbocycles. The van der Waals surface area contributed by atoms with Gasteiger partial charge in [-0.1, -0.05) is 23.2 Å². The average molecular weight is 344 g/mol. The number of rotatable bonds is 5. The number of benzene rings is 1. The van der Waals surface area contributed by atoms with Gasteiger partial charge in [0, 0.05) is 30.6 Å². The molecule has 1 aromatic heterocycles. The third kappa shape index (κ3) is 4.36. The monoisotopic (exact) mass is 343 g/mol. The Morgan fingerprint density at radius 3 is 2.62 bits per heavy atom. The van der Waals surface area contributed by atoms with Gasteiger partial charge in [-0.2, -0.15) is 15.0 Å². The molecule has 0 amide bonds. The van der Waals surface area contributed by atoms with Crippen LogP contribution in [0.4, 0.5) is 11.9 Å². The van der Waals surface area contributed by atoms with Gasteiger partial charge in [-0.25, -0.2) is 0 Å². The number of nitrogens with zero attached hydrogens (tertiary/aromatic N) is 4. The topological polar surface area (TPSA) is 53.9 Å². The third-order valence-electron chi connectivity index (χ3n) is 2.43. The van der Waals surface area contributed by atoms with Gasteiger partial charge in [0.15, 0.2) is 5.16 Å². The second-order valence-electron chi connectivity index (χ2n) is 4.34. The van der Waals surface area contributed by atoms with E-state index in [1.165, 1.54) is 11.8 Å². The fourth-order valence-corrected chi connectivity index (χ4v) is 2.76. The van der Waals surface area contributed by atoms with E-state index in [9.17, 15) is 0 Å². The van der Waals surface area contributed by atoms with Crippen LogP contribution in [0, 0.1) is 0 Å². The van der Waals surface area contributed by atoms with E-state index < -0.39 is 0 Å². The van der Waals surface area contributed by atoms with Gasteiger partial charge in [0.25, 0.3) is 0 Å². The van der Waals surface area contributed by atoms with Gasteiger partial charge in [-0.15, -0.1) is 0 Å². The van der Waals surface area contributed by atoms with Gasteiger partial charge in [0.1, 0.15) is 0 Å². The summed E-state index contributed by atoms with van der Waals surface area (Å²) in [5.41, 5.74) is 0. The Morgan fingerprint density at radius 2 is 1.95 bits per heavy atom. The highest BCUT2D eigenvalue weighted by molar-refractivity contribution is 7.99. The molecule has 0 spiro atoms. The number of aromatic nitrogens is 3. The zero-order valence-corrected chi connectivity index (χ0v) is 14.2. The first-order valence-electron chi connectivity index (χ1n) is 6.29. The van der Waals surface area contributed by atoms with Crippen LogP contribution in [0.5, 0.6) is 0 Å². The molecule has 2 rings (SSSR count). The highest BCUT2D eigenvalue weighted by Gasteiger charge is 2.11. The zero-order valence-electron chi connectivity index (χ0n) is 11.9. The van der Waals surface area contributed by atoms with Crippen molar-refractivity contribution in [2.24, 2.45) is 0 Å². The molecule has 0 saturated heterocycles. The van der Waals surface area contributed by atoms with E-state index in [1.54, 1.807) is 18.2 Å². The number of halogens is 2. The normalized spacial score (nSPS) is 10.5. The fraction of sp³-hybridized carbons (Fsp3) is 0.308. The minimum absolute atomic E-state index is 0.539. The molecule has 0 aliphatic carbocycles. The van der Waals surface area contributed by atoms with Crippen LogP contribution >= 0.6 is 35.0 Å². The molecule has 1 aromatic carbocycles. The van der Waals surface area contributed by atoms with E-state index in [0.29, 0.717) is 27.1 Å². The quantitative estimate of drug-likeness (QED) is 0.890. The van der Waals surface area contributed by atoms with Crippen LogP contribution in [0.2, 0.25) is 10.0 Å². The molecule has 0 radical (unpaired) electrons. The summed E-state index contributed by atoms with van der Waals surface area (Å²) in [6, 6.07) is 5.29. The lowest BCUT2D eigenvalue weighted by Crippen LogP contribution is -2.15. The first-order chi connectivity index (χ1) is 9.99. The summed E-state index contributed by atoms with van der Waals surface area (Å²) in [6.45, 7) is 2.72. The Balaban J connectivity index is 2.36. The highest BCUT2D eigenvalue weighted by atomic mass is 35.5. The highest BCUT2D eigenvalue weighted by Crippen LogP contribution is 2.34. The van der Waals surface area contributed by atoms with Crippen LogP contribution in [0.3, 0.4) is 0 Å². The van der Waals surface area contributed by atoms with Gasteiger partial charge in [-0.3, -0.25) is 0 Å². The summed E-state index contributed by atoms with van der Waals surface area (Å²) < 4.78 is 0. The maximum absolute atomic E-state index is 6.17. The molecule has 0 bridgehead atoms. The fourth-order valence-electron chi connectivity index (χ4n) is 1.48. The van der Waals surface area contributed by atoms with Crippen LogP contribution in [-0.4, -0.2) is 35.6 Å². The largest absolute Gasteiger partial charge is 0.354 e. The van der Waals surface area contributed by atoms with Crippen molar-refractivity contribution in [2.45, 2.75) is 17.0 Å². The van der Waals surface area contributed by atoms with Gasteiger partial charge >= 0.3 is 0 Å². The van der Waals surface area contributed by atoms with E-state index in [0.717, 1.165) is 11.4 Å². The minimum atomic E-state index is 0.539. The summed E-state index contributed by atoms with van der Waals surface area (Å²) in [7, 11) is 3.76. The van der Waals surface area contributed by atoms with Crippen molar-refractivity contribution in [3.63, 3.8) is 0 Å². The van der Waals surface area contributed by atoms with E-state index in [4.69, 9.17) is 23.2 Å². The number of hydrogen-bond acceptors (Lipinski definition) is 6.